The van der Waals surface area contributed by atoms with Crippen molar-refractivity contribution in [2.45, 2.75) is 45.3 Å². The van der Waals surface area contributed by atoms with Gasteiger partial charge < -0.3 is 20.3 Å². The lowest BCUT2D eigenvalue weighted by Crippen LogP contribution is -2.54. The fourth-order valence-electron chi connectivity index (χ4n) is 4.48. The highest BCUT2D eigenvalue weighted by atomic mass is 16.5. The minimum atomic E-state index is -0.779. The Labute approximate surface area is 188 Å². The molecule has 9 heteroatoms. The number of benzene rings is 1. The van der Waals surface area contributed by atoms with Crippen molar-refractivity contribution in [1.82, 2.24) is 15.3 Å². The Kier molecular flexibility index (Phi) is 8.60. The summed E-state index contributed by atoms with van der Waals surface area (Å²) in [5, 5.41) is 9.16. The Morgan fingerprint density at radius 2 is 1.72 bits per heavy atom. The topological polar surface area (TPSA) is 125 Å². The van der Waals surface area contributed by atoms with Gasteiger partial charge in [0.1, 0.15) is 0 Å². The molecule has 0 bridgehead atoms. The van der Waals surface area contributed by atoms with Gasteiger partial charge in [-0.15, -0.1) is 0 Å². The zero-order chi connectivity index (χ0) is 23.1. The first-order chi connectivity index (χ1) is 15.4. The van der Waals surface area contributed by atoms with E-state index in [1.54, 1.807) is 15.3 Å². The molecule has 0 aliphatic carbocycles. The van der Waals surface area contributed by atoms with Crippen molar-refractivity contribution in [2.75, 3.05) is 32.7 Å². The third-order valence-electron chi connectivity index (χ3n) is 6.45. The number of ether oxygens (including phenoxy) is 1. The molecule has 4 N–H and O–H groups in total. The fraction of sp³-hybridized carbons (Fsp3) is 0.609. The van der Waals surface area contributed by atoms with Crippen LogP contribution in [0.2, 0.25) is 0 Å². The molecule has 3 rings (SSSR count). The van der Waals surface area contributed by atoms with E-state index in [9.17, 15) is 14.4 Å². The molecule has 2 heterocycles. The Balaban J connectivity index is 1.53. The molecule has 0 aromatic heterocycles. The molecule has 0 spiro atoms. The maximum atomic E-state index is 13.2. The van der Waals surface area contributed by atoms with Crippen molar-refractivity contribution < 1.29 is 24.3 Å². The Hall–Kier alpha value is -2.49. The normalized spacial score (nSPS) is 22.0. The van der Waals surface area contributed by atoms with Gasteiger partial charge in [0.2, 0.25) is 17.7 Å². The van der Waals surface area contributed by atoms with Crippen molar-refractivity contribution in [3.05, 3.63) is 35.4 Å². The number of carbonyl (C=O) groups excluding carboxylic acids is 3. The van der Waals surface area contributed by atoms with Gasteiger partial charge in [-0.2, -0.15) is 0 Å². The number of nitrogens with one attached hydrogen (secondary N) is 1. The molecule has 32 heavy (non-hydrogen) atoms. The maximum absolute atomic E-state index is 13.2. The van der Waals surface area contributed by atoms with E-state index >= 15 is 0 Å². The van der Waals surface area contributed by atoms with Gasteiger partial charge in [0.05, 0.1) is 24.5 Å². The number of hydrogen-bond donors (Lipinski definition) is 3. The molecule has 1 aromatic rings. The van der Waals surface area contributed by atoms with Gasteiger partial charge in [-0.1, -0.05) is 29.8 Å². The van der Waals surface area contributed by atoms with Gasteiger partial charge in [0.25, 0.3) is 0 Å². The lowest BCUT2D eigenvalue weighted by molar-refractivity contribution is -0.152. The summed E-state index contributed by atoms with van der Waals surface area (Å²) in [6.07, 6.45) is 2.15. The standard InChI is InChI=1S/C23H34N4O5/c1-16-2-4-17(5-3-16)15-32-18-7-11-26(12-8-18)23(30)19-9-13-27(21(28)6-10-24)14-20(19)22(29)25-31/h2-5,18-20,31H,6-15,24H2,1H3,(H,25,29)/t19-,20-/m0/s1. The van der Waals surface area contributed by atoms with Gasteiger partial charge >= 0.3 is 0 Å². The largest absolute Gasteiger partial charge is 0.373 e. The van der Waals surface area contributed by atoms with E-state index in [0.717, 1.165) is 18.4 Å². The first-order valence-corrected chi connectivity index (χ1v) is 11.3. The summed E-state index contributed by atoms with van der Waals surface area (Å²) in [4.78, 5) is 41.0. The fourth-order valence-corrected chi connectivity index (χ4v) is 4.48. The Morgan fingerprint density at radius 3 is 2.34 bits per heavy atom. The van der Waals surface area contributed by atoms with E-state index in [4.69, 9.17) is 15.7 Å². The molecule has 2 aliphatic heterocycles. The Bertz CT molecular complexity index is 792. The quantitative estimate of drug-likeness (QED) is 0.421. The van der Waals surface area contributed by atoms with Gasteiger partial charge in [0.15, 0.2) is 0 Å². The third-order valence-corrected chi connectivity index (χ3v) is 6.45. The molecule has 3 amide bonds. The smallest absolute Gasteiger partial charge is 0.249 e. The van der Waals surface area contributed by atoms with Gasteiger partial charge in [0, 0.05) is 39.1 Å². The summed E-state index contributed by atoms with van der Waals surface area (Å²) in [5.74, 6) is -2.21. The van der Waals surface area contributed by atoms with Crippen LogP contribution in [0.4, 0.5) is 0 Å². The monoisotopic (exact) mass is 446 g/mol. The van der Waals surface area contributed by atoms with E-state index in [2.05, 4.69) is 24.3 Å². The van der Waals surface area contributed by atoms with Crippen LogP contribution in [0.15, 0.2) is 24.3 Å². The second kappa shape index (κ2) is 11.4. The van der Waals surface area contributed by atoms with E-state index < -0.39 is 17.7 Å². The molecule has 2 saturated heterocycles. The Morgan fingerprint density at radius 1 is 1.06 bits per heavy atom. The number of piperidine rings is 2. The lowest BCUT2D eigenvalue weighted by Gasteiger charge is -2.40. The summed E-state index contributed by atoms with van der Waals surface area (Å²) in [6.45, 7) is 4.48. The number of hydrogen-bond acceptors (Lipinski definition) is 6. The predicted molar refractivity (Wildman–Crippen MR) is 117 cm³/mol. The number of amides is 3. The number of nitrogens with zero attached hydrogens (tertiary/aromatic N) is 2. The molecule has 2 aliphatic rings. The minimum Gasteiger partial charge on any atom is -0.373 e. The van der Waals surface area contributed by atoms with E-state index in [1.807, 2.05) is 6.92 Å². The molecule has 0 unspecified atom stereocenters. The van der Waals surface area contributed by atoms with Crippen molar-refractivity contribution in [1.29, 1.82) is 0 Å². The summed E-state index contributed by atoms with van der Waals surface area (Å²) in [5.41, 5.74) is 9.47. The van der Waals surface area contributed by atoms with Crippen LogP contribution < -0.4 is 11.2 Å². The van der Waals surface area contributed by atoms with Crippen LogP contribution in [0.25, 0.3) is 0 Å². The van der Waals surface area contributed by atoms with Crippen LogP contribution in [0.5, 0.6) is 0 Å². The molecule has 9 nitrogen and oxygen atoms in total. The molecule has 0 radical (unpaired) electrons. The van der Waals surface area contributed by atoms with Crippen LogP contribution in [0.3, 0.4) is 0 Å². The van der Waals surface area contributed by atoms with E-state index in [-0.39, 0.29) is 37.4 Å². The molecule has 0 saturated carbocycles. The van der Waals surface area contributed by atoms with Gasteiger partial charge in [-0.3, -0.25) is 19.6 Å². The van der Waals surface area contributed by atoms with Crippen molar-refractivity contribution in [3.63, 3.8) is 0 Å². The van der Waals surface area contributed by atoms with Crippen LogP contribution >= 0.6 is 0 Å². The molecule has 2 fully saturated rings. The van der Waals surface area contributed by atoms with Crippen LogP contribution in [0.1, 0.15) is 36.8 Å². The minimum absolute atomic E-state index is 0.0904. The zero-order valence-corrected chi connectivity index (χ0v) is 18.7. The van der Waals surface area contributed by atoms with Gasteiger partial charge in [-0.25, -0.2) is 5.48 Å². The van der Waals surface area contributed by atoms with Crippen LogP contribution in [-0.2, 0) is 25.7 Å². The second-order valence-electron chi connectivity index (χ2n) is 8.68. The predicted octanol–water partition coefficient (Wildman–Crippen LogP) is 0.822. The number of hydroxylamine groups is 1. The number of carbonyl (C=O) groups is 3. The molecular weight excluding hydrogens is 412 g/mol. The average molecular weight is 447 g/mol. The first kappa shape index (κ1) is 24.2. The number of aryl methyl sites for hydroxylation is 1. The average Bonchev–Trinajstić information content (AvgIpc) is 2.83. The highest BCUT2D eigenvalue weighted by Crippen LogP contribution is 2.28. The highest BCUT2D eigenvalue weighted by molar-refractivity contribution is 5.88. The van der Waals surface area contributed by atoms with Gasteiger partial charge in [-0.05, 0) is 31.7 Å². The third kappa shape index (κ3) is 6.05. The summed E-state index contributed by atoms with van der Waals surface area (Å²) < 4.78 is 6.03. The number of likely N-dealkylation sites (tertiary alicyclic amines) is 2. The van der Waals surface area contributed by atoms with Crippen molar-refractivity contribution in [2.24, 2.45) is 17.6 Å². The van der Waals surface area contributed by atoms with Crippen molar-refractivity contribution >= 4 is 17.7 Å². The number of rotatable bonds is 7. The highest BCUT2D eigenvalue weighted by Gasteiger charge is 2.42. The van der Waals surface area contributed by atoms with Crippen LogP contribution in [-0.4, -0.2) is 71.6 Å². The summed E-state index contributed by atoms with van der Waals surface area (Å²) in [7, 11) is 0. The lowest BCUT2D eigenvalue weighted by atomic mass is 9.83. The number of nitrogens with two attached hydrogens (primary N) is 1. The summed E-state index contributed by atoms with van der Waals surface area (Å²) in [6, 6.07) is 8.25. The summed E-state index contributed by atoms with van der Waals surface area (Å²) >= 11 is 0. The SMILES string of the molecule is Cc1ccc(COC2CCN(C(=O)[C@H]3CCN(C(=O)CCN)C[C@@H]3C(=O)NO)CC2)cc1. The van der Waals surface area contributed by atoms with Crippen LogP contribution in [0, 0.1) is 18.8 Å². The first-order valence-electron chi connectivity index (χ1n) is 11.3. The van der Waals surface area contributed by atoms with E-state index in [1.165, 1.54) is 5.56 Å². The van der Waals surface area contributed by atoms with Crippen molar-refractivity contribution in [3.8, 4) is 0 Å². The maximum Gasteiger partial charge on any atom is 0.249 e. The van der Waals surface area contributed by atoms with E-state index in [0.29, 0.717) is 32.7 Å². The second-order valence-corrected chi connectivity index (χ2v) is 8.68. The molecular formula is C23H34N4O5. The molecule has 1 aromatic carbocycles. The molecule has 176 valence electrons. The zero-order valence-electron chi connectivity index (χ0n) is 18.7. The molecule has 2 atom stereocenters.